The highest BCUT2D eigenvalue weighted by Gasteiger charge is 2.34. The molecule has 0 spiro atoms. The largest absolute Gasteiger partial charge is 0.444 e. The lowest BCUT2D eigenvalue weighted by Crippen LogP contribution is -2.52. The fraction of sp³-hybridized carbons (Fsp3) is 0.411. The van der Waals surface area contributed by atoms with Crippen LogP contribution in [-0.2, 0) is 30.1 Å². The van der Waals surface area contributed by atoms with Crippen molar-refractivity contribution in [1.29, 1.82) is 0 Å². The molecule has 4 heterocycles. The molecule has 2 unspecified atom stereocenters. The van der Waals surface area contributed by atoms with Crippen molar-refractivity contribution < 1.29 is 23.9 Å². The zero-order valence-electron chi connectivity index (χ0n) is 42.7. The fourth-order valence-corrected chi connectivity index (χ4v) is 8.90. The number of benzene rings is 4. The van der Waals surface area contributed by atoms with E-state index in [1.54, 1.807) is 22.6 Å². The summed E-state index contributed by atoms with van der Waals surface area (Å²) in [6, 6.07) is 39.9. The number of piperazine rings is 2. The van der Waals surface area contributed by atoms with Crippen molar-refractivity contribution in [2.75, 3.05) is 65.4 Å². The van der Waals surface area contributed by atoms with Crippen LogP contribution in [-0.4, -0.2) is 124 Å². The number of aryl methyl sites for hydroxylation is 2. The molecule has 2 saturated heterocycles. The van der Waals surface area contributed by atoms with Gasteiger partial charge in [-0.2, -0.15) is 0 Å². The normalized spacial score (nSPS) is 16.6. The monoisotopic (exact) mass is 969 g/mol. The summed E-state index contributed by atoms with van der Waals surface area (Å²) < 4.78 is 14.3. The molecule has 0 bridgehead atoms. The molecule has 2 atom stereocenters. The molecule has 2 amide bonds. The van der Waals surface area contributed by atoms with Crippen molar-refractivity contribution >= 4 is 40.3 Å². The molecule has 3 N–H and O–H groups in total. The minimum atomic E-state index is -0.514. The number of ether oxygens (including phenoxy) is 2. The highest BCUT2D eigenvalue weighted by atomic mass is 16.6. The second-order valence-corrected chi connectivity index (χ2v) is 20.0. The van der Waals surface area contributed by atoms with Gasteiger partial charge in [0.25, 0.3) is 11.1 Å². The number of nitrogens with zero attached hydrogens (tertiary/aromatic N) is 6. The molecule has 378 valence electrons. The molecule has 2 aromatic heterocycles. The third-order valence-corrected chi connectivity index (χ3v) is 12.5. The minimum absolute atomic E-state index is 0.0318. The number of rotatable bonds is 10. The molecule has 0 saturated carbocycles. The van der Waals surface area contributed by atoms with E-state index in [0.717, 1.165) is 60.1 Å². The van der Waals surface area contributed by atoms with Gasteiger partial charge in [0.2, 0.25) is 0 Å². The van der Waals surface area contributed by atoms with Gasteiger partial charge in [0.05, 0.1) is 28.7 Å². The predicted octanol–water partition coefficient (Wildman–Crippen LogP) is 7.51. The molecule has 2 fully saturated rings. The molecule has 4 aromatic carbocycles. The molecule has 71 heavy (non-hydrogen) atoms. The van der Waals surface area contributed by atoms with Crippen LogP contribution in [0, 0.1) is 0 Å². The lowest BCUT2D eigenvalue weighted by atomic mass is 10.0. The lowest BCUT2D eigenvalue weighted by Gasteiger charge is -2.42. The number of para-hydroxylation sites is 2. The van der Waals surface area contributed by atoms with E-state index in [-0.39, 0.29) is 41.0 Å². The van der Waals surface area contributed by atoms with Crippen molar-refractivity contribution in [3.05, 3.63) is 164 Å². The van der Waals surface area contributed by atoms with Crippen LogP contribution in [0.15, 0.2) is 131 Å². The molecule has 8 rings (SSSR count). The molecular weight excluding hydrogens is 897 g/mol. The maximum Gasteiger partial charge on any atom is 0.410 e. The minimum Gasteiger partial charge on any atom is -0.444 e. The summed E-state index contributed by atoms with van der Waals surface area (Å²) >= 11 is 0. The number of hydrogen-bond acceptors (Lipinski definition) is 11. The smallest absolute Gasteiger partial charge is 0.410 e. The van der Waals surface area contributed by atoms with Gasteiger partial charge in [-0.25, -0.2) is 9.59 Å². The molecule has 15 nitrogen and oxygen atoms in total. The maximum atomic E-state index is 12.8. The Morgan fingerprint density at radius 3 is 1.52 bits per heavy atom. The molecule has 15 heteroatoms. The second-order valence-electron chi connectivity index (χ2n) is 20.0. The maximum absolute atomic E-state index is 12.8. The Morgan fingerprint density at radius 1 is 0.620 bits per heavy atom. The van der Waals surface area contributed by atoms with Crippen LogP contribution < -0.4 is 22.2 Å². The molecule has 0 radical (unpaired) electrons. The molecule has 6 aromatic rings. The van der Waals surface area contributed by atoms with E-state index in [1.807, 2.05) is 144 Å². The van der Waals surface area contributed by atoms with Gasteiger partial charge in [0.15, 0.2) is 6.29 Å². The number of aromatic nitrogens is 2. The van der Waals surface area contributed by atoms with E-state index < -0.39 is 11.2 Å². The number of pyridine rings is 2. The predicted molar refractivity (Wildman–Crippen MR) is 282 cm³/mol. The summed E-state index contributed by atoms with van der Waals surface area (Å²) in [5.41, 5.74) is 9.67. The Labute approximate surface area is 417 Å². The van der Waals surface area contributed by atoms with Gasteiger partial charge in [0.1, 0.15) is 11.2 Å². The van der Waals surface area contributed by atoms with E-state index in [4.69, 9.17) is 15.2 Å². The average molecular weight is 969 g/mol. The third kappa shape index (κ3) is 14.7. The van der Waals surface area contributed by atoms with E-state index in [0.29, 0.717) is 45.6 Å². The zero-order valence-corrected chi connectivity index (χ0v) is 42.7. The highest BCUT2D eigenvalue weighted by molar-refractivity contribution is 5.86. The summed E-state index contributed by atoms with van der Waals surface area (Å²) in [4.78, 5) is 68.3. The van der Waals surface area contributed by atoms with Crippen molar-refractivity contribution in [2.24, 2.45) is 19.8 Å². The first-order valence-electron chi connectivity index (χ1n) is 24.4. The van der Waals surface area contributed by atoms with Crippen molar-refractivity contribution in [2.45, 2.75) is 71.4 Å². The van der Waals surface area contributed by atoms with E-state index >= 15 is 0 Å². The third-order valence-electron chi connectivity index (χ3n) is 12.5. The van der Waals surface area contributed by atoms with E-state index in [1.165, 1.54) is 15.7 Å². The Kier molecular flexibility index (Phi) is 18.5. The lowest BCUT2D eigenvalue weighted by molar-refractivity contribution is 0.00297. The van der Waals surface area contributed by atoms with Crippen LogP contribution in [0.3, 0.4) is 0 Å². The number of fused-ring (bicyclic) bond motifs is 2. The number of aldehydes is 1. The van der Waals surface area contributed by atoms with Gasteiger partial charge in [-0.15, -0.1) is 0 Å². The molecule has 2 aliphatic rings. The Hall–Kier alpha value is -6.65. The van der Waals surface area contributed by atoms with Crippen molar-refractivity contribution in [3.63, 3.8) is 0 Å². The van der Waals surface area contributed by atoms with Gasteiger partial charge < -0.3 is 39.5 Å². The zero-order chi connectivity index (χ0) is 51.3. The van der Waals surface area contributed by atoms with Crippen LogP contribution >= 0.6 is 0 Å². The number of nitrogens with two attached hydrogens (primary N) is 1. The number of carbonyl (C=O) groups excluding carboxylic acids is 3. The van der Waals surface area contributed by atoms with Gasteiger partial charge in [-0.3, -0.25) is 24.2 Å². The number of hydrogen-bond donors (Lipinski definition) is 2. The first-order valence-corrected chi connectivity index (χ1v) is 24.4. The SMILES string of the molecule is CC(C)(C)OC(=O)N1CCN(CCN)C(c2ccccc2)C1.Cn1c(=O)c(C=O)cc2ccccc21.Cn1c(=O)c(CNCCN2CCN(C(=O)OC(C)(C)C)CC2c2ccccc2)cc2ccccc21. The van der Waals surface area contributed by atoms with Gasteiger partial charge in [-0.1, -0.05) is 97.1 Å². The molecule has 2 aliphatic heterocycles. The second kappa shape index (κ2) is 24.5. The van der Waals surface area contributed by atoms with Gasteiger partial charge in [0, 0.05) is 91.7 Å². The summed E-state index contributed by atoms with van der Waals surface area (Å²) in [7, 11) is 3.49. The van der Waals surface area contributed by atoms with Crippen LogP contribution in [0.1, 0.15) is 80.7 Å². The topological polar surface area (TPSA) is 165 Å². The summed E-state index contributed by atoms with van der Waals surface area (Å²) in [6.45, 7) is 19.0. The average Bonchev–Trinajstić information content (AvgIpc) is 3.35. The van der Waals surface area contributed by atoms with Crippen molar-refractivity contribution in [3.8, 4) is 0 Å². The Balaban J connectivity index is 0.000000194. The number of nitrogens with one attached hydrogen (secondary N) is 1. The fourth-order valence-electron chi connectivity index (χ4n) is 8.90. The first kappa shape index (κ1) is 53.7. The summed E-state index contributed by atoms with van der Waals surface area (Å²) in [5.74, 6) is 0. The summed E-state index contributed by atoms with van der Waals surface area (Å²) in [5, 5.41) is 5.42. The van der Waals surface area contributed by atoms with Gasteiger partial charge >= 0.3 is 12.2 Å². The Morgan fingerprint density at radius 2 is 1.06 bits per heavy atom. The Bertz CT molecular complexity index is 2840. The quantitative estimate of drug-likeness (QED) is 0.103. The van der Waals surface area contributed by atoms with Crippen LogP contribution in [0.4, 0.5) is 9.59 Å². The molecule has 0 aliphatic carbocycles. The highest BCUT2D eigenvalue weighted by Crippen LogP contribution is 2.28. The van der Waals surface area contributed by atoms with Crippen LogP contribution in [0.2, 0.25) is 0 Å². The van der Waals surface area contributed by atoms with E-state index in [2.05, 4.69) is 39.4 Å². The number of amides is 2. The molecular formula is C56H72N8O7. The van der Waals surface area contributed by atoms with Gasteiger partial charge in [-0.05, 0) is 87.7 Å². The van der Waals surface area contributed by atoms with Crippen molar-refractivity contribution in [1.82, 2.24) is 34.1 Å². The van der Waals surface area contributed by atoms with Crippen LogP contribution in [0.25, 0.3) is 21.8 Å². The summed E-state index contributed by atoms with van der Waals surface area (Å²) in [6.07, 6.45) is 0.0959. The standard InChI is InChI=1S/C28H36N4O3.C17H27N3O2.C11H9NO2/c1-28(2,3)35-27(34)32-17-16-31(25(20-32)21-10-6-5-7-11-21)15-14-29-19-23-18-22-12-8-9-13-24(22)30(4)26(23)33;1-17(2,3)22-16(21)20-12-11-19(10-9-18)15(13-20)14-7-5-4-6-8-14;1-12-10-5-3-2-4-8(10)6-9(7-13)11(12)14/h5-13,18,25,29H,14-17,19-20H2,1-4H3;4-8,15H,9-13,18H2,1-3H3;2-7H,1H3. The van der Waals surface area contributed by atoms with E-state index in [9.17, 15) is 24.0 Å². The number of carbonyl (C=O) groups is 3. The van der Waals surface area contributed by atoms with Crippen LogP contribution in [0.5, 0.6) is 0 Å². The first-order chi connectivity index (χ1) is 33.9.